The number of aromatic nitrogens is 2. The van der Waals surface area contributed by atoms with E-state index in [1.165, 1.54) is 22.9 Å². The second-order valence-electron chi connectivity index (χ2n) is 10.3. The minimum absolute atomic E-state index is 0. The molecule has 0 unspecified atom stereocenters. The summed E-state index contributed by atoms with van der Waals surface area (Å²) in [6.45, 7) is 1.64. The van der Waals surface area contributed by atoms with E-state index in [4.69, 9.17) is 0 Å². The Morgan fingerprint density at radius 1 is 0.827 bits per heavy atom. The molecule has 0 aliphatic heterocycles. The summed E-state index contributed by atoms with van der Waals surface area (Å²) in [7, 11) is -5.27. The minimum atomic E-state index is -5.27. The predicted octanol–water partition coefficient (Wildman–Crippen LogP) is 4.32. The zero-order valence-electron chi connectivity index (χ0n) is 28.3. The number of carbonyl (C=O) groups excluding carboxylic acids is 1. The number of aryl methyl sites for hydroxylation is 1. The van der Waals surface area contributed by atoms with Crippen molar-refractivity contribution in [2.75, 3.05) is 0 Å². The SMILES string of the molecule is Cc1[n-]n(-c2ccccc2)c(=O)c1N=Nc1ccccc1C(=O)[O-].O=[N+]([O-])c1cc(N=Nc2c([O-])ccc3ccccc23)c([O-])c(S(=O)(=O)[O-])c1.[Cr+3].[H+].[H+]. The van der Waals surface area contributed by atoms with Crippen LogP contribution in [0.4, 0.5) is 28.4 Å². The molecule has 1 aromatic heterocycles. The molecule has 0 aliphatic rings. The van der Waals surface area contributed by atoms with Crippen LogP contribution in [-0.4, -0.2) is 28.5 Å². The van der Waals surface area contributed by atoms with Crippen LogP contribution in [0.2, 0.25) is 0 Å². The van der Waals surface area contributed by atoms with E-state index in [0.29, 0.717) is 34.3 Å². The van der Waals surface area contributed by atoms with Gasteiger partial charge in [-0.15, -0.1) is 15.9 Å². The number of carbonyl (C=O) groups is 1. The van der Waals surface area contributed by atoms with Crippen LogP contribution in [-0.2, 0) is 27.5 Å². The van der Waals surface area contributed by atoms with E-state index in [9.17, 15) is 48.0 Å². The van der Waals surface area contributed by atoms with Gasteiger partial charge in [-0.1, -0.05) is 91.2 Å². The number of hydrogen-bond donors (Lipinski definition) is 0. The van der Waals surface area contributed by atoms with Crippen LogP contribution in [0.3, 0.4) is 0 Å². The van der Waals surface area contributed by atoms with Gasteiger partial charge in [-0.25, -0.2) is 8.42 Å². The van der Waals surface area contributed by atoms with Crippen molar-refractivity contribution in [2.45, 2.75) is 11.8 Å². The van der Waals surface area contributed by atoms with Gasteiger partial charge in [-0.3, -0.25) is 14.9 Å². The largest absolute Gasteiger partial charge is 3.00 e. The first-order valence-corrected chi connectivity index (χ1v) is 15.8. The predicted molar refractivity (Wildman–Crippen MR) is 175 cm³/mol. The molecule has 0 spiro atoms. The number of nitro groups is 1. The monoisotopic (exact) mass is 760 g/mol. The molecule has 0 bridgehead atoms. The van der Waals surface area contributed by atoms with E-state index in [1.54, 1.807) is 73.7 Å². The zero-order chi connectivity index (χ0) is 36.9. The molecule has 19 heteroatoms. The van der Waals surface area contributed by atoms with Crippen LogP contribution in [0.1, 0.15) is 18.9 Å². The topological polar surface area (TPSA) is 272 Å². The van der Waals surface area contributed by atoms with Gasteiger partial charge in [-0.2, -0.15) is 10.2 Å². The number of rotatable bonds is 8. The molecular weight excluding hydrogens is 738 g/mol. The van der Waals surface area contributed by atoms with Gasteiger partial charge in [0.15, 0.2) is 0 Å². The average Bonchev–Trinajstić information content (AvgIpc) is 3.39. The van der Waals surface area contributed by atoms with Crippen molar-refractivity contribution >= 4 is 55.3 Å². The summed E-state index contributed by atoms with van der Waals surface area (Å²) in [5.74, 6) is -3.22. The number of non-ortho nitro benzene ring substituents is 1. The van der Waals surface area contributed by atoms with Crippen molar-refractivity contribution in [3.05, 3.63) is 135 Å². The standard InChI is InChI=1S/C17H14N4O3.C16H11N3O7S.Cr/c1-11-15(16(22)21(20-11)12-7-3-2-4-8-12)19-18-14-10-6-5-9-13(14)17(23)24;20-13-6-5-9-3-1-2-4-11(9)15(13)18-17-12-7-10(19(22)23)8-14(16(12)21)27(24,25)26;/h2-10H,1H3,(H2,18,20,22,23,24);1-8,20-21H,(H,24,25,26);/q;;+3/p-3. The van der Waals surface area contributed by atoms with Gasteiger partial charge in [0.2, 0.25) is 0 Å². The molecule has 0 fully saturated rings. The van der Waals surface area contributed by atoms with Crippen LogP contribution in [0.5, 0.6) is 11.5 Å². The fourth-order valence-corrected chi connectivity index (χ4v) is 5.17. The normalized spacial score (nSPS) is 11.3. The molecule has 0 saturated heterocycles. The van der Waals surface area contributed by atoms with Gasteiger partial charge in [0.25, 0.3) is 11.2 Å². The number of nitrogens with zero attached hydrogens (tertiary/aromatic N) is 7. The fraction of sp³-hybridized carbons (Fsp3) is 0.0303. The molecule has 0 amide bonds. The molecule has 1 heterocycles. The third-order valence-corrected chi connectivity index (χ3v) is 7.83. The van der Waals surface area contributed by atoms with Crippen LogP contribution in [0.25, 0.3) is 16.5 Å². The Morgan fingerprint density at radius 3 is 2.12 bits per heavy atom. The van der Waals surface area contributed by atoms with Gasteiger partial charge in [0, 0.05) is 28.8 Å². The summed E-state index contributed by atoms with van der Waals surface area (Å²) in [5, 5.41) is 66.4. The van der Waals surface area contributed by atoms with Gasteiger partial charge in [0.05, 0.1) is 32.9 Å². The molecule has 0 aliphatic carbocycles. The van der Waals surface area contributed by atoms with E-state index >= 15 is 0 Å². The number of aromatic carboxylic acids is 1. The van der Waals surface area contributed by atoms with Crippen LogP contribution >= 0.6 is 0 Å². The summed E-state index contributed by atoms with van der Waals surface area (Å²) in [6, 6.07) is 25.5. The summed E-state index contributed by atoms with van der Waals surface area (Å²) in [5.41, 5.74) is -1.03. The quantitative estimate of drug-likeness (QED) is 0.0912. The van der Waals surface area contributed by atoms with E-state index in [2.05, 4.69) is 25.6 Å². The molecule has 0 N–H and O–H groups in total. The number of fused-ring (bicyclic) bond motifs is 1. The first kappa shape index (κ1) is 38.3. The van der Waals surface area contributed by atoms with Crippen molar-refractivity contribution in [3.63, 3.8) is 0 Å². The summed E-state index contributed by atoms with van der Waals surface area (Å²) in [6.07, 6.45) is 0. The molecule has 1 radical (unpaired) electrons. The number of nitro benzene ring substituents is 1. The van der Waals surface area contributed by atoms with Crippen molar-refractivity contribution in [3.8, 4) is 17.2 Å². The zero-order valence-corrected chi connectivity index (χ0v) is 28.4. The maximum absolute atomic E-state index is 12.4. The molecule has 261 valence electrons. The van der Waals surface area contributed by atoms with Crippen molar-refractivity contribution in [1.29, 1.82) is 0 Å². The number of azo groups is 2. The minimum Gasteiger partial charge on any atom is -0.871 e. The Balaban J connectivity index is 0.000000356. The maximum Gasteiger partial charge on any atom is 3.00 e. The fourth-order valence-electron chi connectivity index (χ4n) is 4.58. The third kappa shape index (κ3) is 8.43. The molecule has 52 heavy (non-hydrogen) atoms. The van der Waals surface area contributed by atoms with Gasteiger partial charge >= 0.3 is 20.2 Å². The van der Waals surface area contributed by atoms with Crippen LogP contribution in [0.15, 0.2) is 133 Å². The smallest absolute Gasteiger partial charge is 0.871 e. The number of hydrogen-bond acceptors (Lipinski definition) is 14. The van der Waals surface area contributed by atoms with Crippen molar-refractivity contribution in [1.82, 2.24) is 9.78 Å². The Hall–Kier alpha value is -6.52. The summed E-state index contributed by atoms with van der Waals surface area (Å²) >= 11 is 0. The Morgan fingerprint density at radius 2 is 1.44 bits per heavy atom. The van der Waals surface area contributed by atoms with E-state index in [-0.39, 0.29) is 42.8 Å². The van der Waals surface area contributed by atoms with Crippen molar-refractivity contribution < 1.29 is 58.2 Å². The second kappa shape index (κ2) is 16.0. The molecule has 0 atom stereocenters. The molecule has 6 rings (SSSR count). The number of carboxylic acids is 1. The molecule has 6 aromatic rings. The summed E-state index contributed by atoms with van der Waals surface area (Å²) < 4.78 is 34.8. The Labute approximate surface area is 306 Å². The average molecular weight is 761 g/mol. The van der Waals surface area contributed by atoms with Crippen LogP contribution < -0.4 is 26.0 Å². The summed E-state index contributed by atoms with van der Waals surface area (Å²) in [4.78, 5) is 32.1. The van der Waals surface area contributed by atoms with Crippen molar-refractivity contribution in [2.24, 2.45) is 20.5 Å². The molecule has 5 aromatic carbocycles. The van der Waals surface area contributed by atoms with Crippen LogP contribution in [0, 0.1) is 17.0 Å². The molecular formula is C33H22CrN7O10S. The molecule has 17 nitrogen and oxygen atoms in total. The van der Waals surface area contributed by atoms with E-state index in [0.717, 1.165) is 0 Å². The van der Waals surface area contributed by atoms with E-state index < -0.39 is 54.3 Å². The van der Waals surface area contributed by atoms with Gasteiger partial charge in [-0.05, 0) is 23.6 Å². The maximum atomic E-state index is 12.4. The van der Waals surface area contributed by atoms with Gasteiger partial charge in [0.1, 0.15) is 15.8 Å². The number of benzene rings is 5. The first-order chi connectivity index (χ1) is 24.3. The Kier molecular flexibility index (Phi) is 11.8. The number of carboxylic acid groups (broad SMARTS) is 1. The van der Waals surface area contributed by atoms with E-state index in [1.807, 2.05) is 6.07 Å². The van der Waals surface area contributed by atoms with Gasteiger partial charge < -0.3 is 34.4 Å². The second-order valence-corrected chi connectivity index (χ2v) is 11.7. The Bertz CT molecular complexity index is 2550. The molecule has 0 saturated carbocycles. The number of para-hydroxylation sites is 1. The first-order valence-electron chi connectivity index (χ1n) is 14.4. The third-order valence-electron chi connectivity index (χ3n) is 6.99.